The van der Waals surface area contributed by atoms with Crippen molar-refractivity contribution in [1.82, 2.24) is 19.5 Å². The minimum Gasteiger partial charge on any atom is -0.309 e. The first-order valence-corrected chi connectivity index (χ1v) is 17.4. The third-order valence-electron chi connectivity index (χ3n) is 10.2. The quantitative estimate of drug-likeness (QED) is 0.184. The summed E-state index contributed by atoms with van der Waals surface area (Å²) in [4.78, 5) is 14.8. The van der Waals surface area contributed by atoms with Crippen molar-refractivity contribution in [1.29, 1.82) is 5.26 Å². The summed E-state index contributed by atoms with van der Waals surface area (Å²) >= 11 is 0. The highest BCUT2D eigenvalue weighted by molar-refractivity contribution is 6.14. The van der Waals surface area contributed by atoms with Crippen LogP contribution in [0.15, 0.2) is 170 Å². The van der Waals surface area contributed by atoms with Crippen molar-refractivity contribution in [2.24, 2.45) is 0 Å². The fraction of sp³-hybridized carbons (Fsp3) is 0.0213. The van der Waals surface area contributed by atoms with E-state index in [1.807, 2.05) is 66.7 Å². The Bertz CT molecular complexity index is 2790. The fourth-order valence-corrected chi connectivity index (χ4v) is 7.93. The molecule has 1 aliphatic carbocycles. The molecule has 10 rings (SSSR count). The van der Waals surface area contributed by atoms with Crippen molar-refractivity contribution < 1.29 is 0 Å². The molecule has 0 saturated heterocycles. The first-order chi connectivity index (χ1) is 25.8. The minimum atomic E-state index is -0.147. The lowest BCUT2D eigenvalue weighted by molar-refractivity contribution is 1.02. The summed E-state index contributed by atoms with van der Waals surface area (Å²) in [6.07, 6.45) is 0. The number of nitriles is 1. The summed E-state index contributed by atoms with van der Waals surface area (Å²) in [5.74, 6) is 1.55. The van der Waals surface area contributed by atoms with Gasteiger partial charge in [-0.05, 0) is 58.1 Å². The zero-order valence-corrected chi connectivity index (χ0v) is 28.0. The largest absolute Gasteiger partial charge is 0.309 e. The van der Waals surface area contributed by atoms with Crippen LogP contribution < -0.4 is 0 Å². The molecule has 0 saturated carbocycles. The normalized spacial score (nSPS) is 13.2. The average molecular weight is 664 g/mol. The van der Waals surface area contributed by atoms with Gasteiger partial charge in [-0.3, -0.25) is 0 Å². The van der Waals surface area contributed by atoms with Gasteiger partial charge in [0.1, 0.15) is 0 Å². The second-order valence-electron chi connectivity index (χ2n) is 13.1. The molecule has 0 radical (unpaired) electrons. The van der Waals surface area contributed by atoms with E-state index in [9.17, 15) is 5.26 Å². The van der Waals surface area contributed by atoms with Crippen LogP contribution in [-0.2, 0) is 0 Å². The molecule has 0 bridgehead atoms. The second-order valence-corrected chi connectivity index (χ2v) is 13.1. The Morgan fingerprint density at radius 3 is 1.77 bits per heavy atom. The first kappa shape index (κ1) is 29.7. The molecule has 5 nitrogen and oxygen atoms in total. The highest BCUT2D eigenvalue weighted by atomic mass is 15.0. The van der Waals surface area contributed by atoms with E-state index < -0.39 is 0 Å². The lowest BCUT2D eigenvalue weighted by Crippen LogP contribution is -2.04. The average Bonchev–Trinajstić information content (AvgIpc) is 3.74. The van der Waals surface area contributed by atoms with Crippen molar-refractivity contribution in [3.8, 4) is 57.0 Å². The van der Waals surface area contributed by atoms with Crippen LogP contribution in [-0.4, -0.2) is 19.5 Å². The van der Waals surface area contributed by atoms with Crippen LogP contribution in [0.3, 0.4) is 0 Å². The van der Waals surface area contributed by atoms with E-state index >= 15 is 0 Å². The van der Waals surface area contributed by atoms with E-state index in [-0.39, 0.29) is 5.92 Å². The van der Waals surface area contributed by atoms with Crippen LogP contribution >= 0.6 is 0 Å². The second kappa shape index (κ2) is 12.0. The van der Waals surface area contributed by atoms with Gasteiger partial charge < -0.3 is 4.57 Å². The molecular weight excluding hydrogens is 635 g/mol. The minimum absolute atomic E-state index is 0.147. The van der Waals surface area contributed by atoms with Gasteiger partial charge in [-0.25, -0.2) is 15.0 Å². The third-order valence-corrected chi connectivity index (χ3v) is 10.2. The molecule has 0 fully saturated rings. The van der Waals surface area contributed by atoms with Gasteiger partial charge in [-0.2, -0.15) is 5.26 Å². The molecule has 2 aromatic heterocycles. The van der Waals surface area contributed by atoms with Crippen molar-refractivity contribution in [3.05, 3.63) is 192 Å². The van der Waals surface area contributed by atoms with Gasteiger partial charge in [-0.15, -0.1) is 0 Å². The molecule has 0 N–H and O–H groups in total. The van der Waals surface area contributed by atoms with Crippen LogP contribution in [0.5, 0.6) is 0 Å². The van der Waals surface area contributed by atoms with Crippen LogP contribution in [0, 0.1) is 11.3 Å². The van der Waals surface area contributed by atoms with Gasteiger partial charge >= 0.3 is 0 Å². The number of para-hydroxylation sites is 2. The van der Waals surface area contributed by atoms with Gasteiger partial charge in [0.2, 0.25) is 0 Å². The molecule has 1 aliphatic rings. The predicted molar refractivity (Wildman–Crippen MR) is 208 cm³/mol. The Kier molecular flexibility index (Phi) is 6.87. The summed E-state index contributed by atoms with van der Waals surface area (Å²) in [7, 11) is 0. The SMILES string of the molecule is N#Cc1cc(-c2nc(-c3ccccc3)nc(-c3ccccc3)n2)ccc1C1c2ccccc2-c2ccc3c(c21)c1ccccc1n3-c1ccccc1. The summed E-state index contributed by atoms with van der Waals surface area (Å²) in [6.45, 7) is 0. The molecule has 1 unspecified atom stereocenters. The van der Waals surface area contributed by atoms with Gasteiger partial charge in [0, 0.05) is 39.1 Å². The Morgan fingerprint density at radius 2 is 1.08 bits per heavy atom. The van der Waals surface area contributed by atoms with E-state index in [2.05, 4.69) is 114 Å². The van der Waals surface area contributed by atoms with Gasteiger partial charge in [0.15, 0.2) is 17.5 Å². The van der Waals surface area contributed by atoms with Gasteiger partial charge in [-0.1, -0.05) is 140 Å². The highest BCUT2D eigenvalue weighted by Gasteiger charge is 2.34. The van der Waals surface area contributed by atoms with Crippen molar-refractivity contribution >= 4 is 21.8 Å². The van der Waals surface area contributed by atoms with E-state index in [0.717, 1.165) is 39.0 Å². The van der Waals surface area contributed by atoms with Gasteiger partial charge in [0.05, 0.1) is 22.7 Å². The molecule has 0 aliphatic heterocycles. The molecule has 52 heavy (non-hydrogen) atoms. The fourth-order valence-electron chi connectivity index (χ4n) is 7.93. The summed E-state index contributed by atoms with van der Waals surface area (Å²) in [5, 5.41) is 13.2. The molecule has 1 atom stereocenters. The molecular formula is C47H29N5. The zero-order valence-electron chi connectivity index (χ0n) is 28.0. The first-order valence-electron chi connectivity index (χ1n) is 17.4. The molecule has 2 heterocycles. The predicted octanol–water partition coefficient (Wildman–Crippen LogP) is 11.0. The zero-order chi connectivity index (χ0) is 34.6. The number of hydrogen-bond donors (Lipinski definition) is 0. The van der Waals surface area contributed by atoms with Crippen LogP contribution in [0.4, 0.5) is 0 Å². The van der Waals surface area contributed by atoms with Crippen molar-refractivity contribution in [2.75, 3.05) is 0 Å². The van der Waals surface area contributed by atoms with E-state index in [4.69, 9.17) is 15.0 Å². The monoisotopic (exact) mass is 663 g/mol. The van der Waals surface area contributed by atoms with E-state index in [0.29, 0.717) is 23.0 Å². The Hall–Kier alpha value is -7.16. The number of aromatic nitrogens is 4. The number of rotatable bonds is 5. The lowest BCUT2D eigenvalue weighted by atomic mass is 9.84. The number of hydrogen-bond acceptors (Lipinski definition) is 4. The van der Waals surface area contributed by atoms with E-state index in [1.165, 1.54) is 33.0 Å². The lowest BCUT2D eigenvalue weighted by Gasteiger charge is -2.18. The van der Waals surface area contributed by atoms with Crippen molar-refractivity contribution in [3.63, 3.8) is 0 Å². The molecule has 0 spiro atoms. The maximum absolute atomic E-state index is 10.8. The van der Waals surface area contributed by atoms with Crippen LogP contribution in [0.1, 0.15) is 28.2 Å². The Morgan fingerprint density at radius 1 is 0.481 bits per heavy atom. The summed E-state index contributed by atoms with van der Waals surface area (Å²) < 4.78 is 2.36. The Labute approximate surface area is 300 Å². The summed E-state index contributed by atoms with van der Waals surface area (Å²) in [5.41, 5.74) is 12.4. The third kappa shape index (κ3) is 4.66. The molecule has 9 aromatic rings. The number of fused-ring (bicyclic) bond motifs is 7. The maximum atomic E-state index is 10.8. The molecule has 5 heteroatoms. The number of benzene rings is 7. The van der Waals surface area contributed by atoms with E-state index in [1.54, 1.807) is 0 Å². The number of nitrogens with zero attached hydrogens (tertiary/aromatic N) is 5. The molecule has 242 valence electrons. The summed E-state index contributed by atoms with van der Waals surface area (Å²) in [6, 6.07) is 60.9. The maximum Gasteiger partial charge on any atom is 0.164 e. The van der Waals surface area contributed by atoms with Crippen LogP contribution in [0.2, 0.25) is 0 Å². The Balaban J connectivity index is 1.19. The van der Waals surface area contributed by atoms with Crippen LogP contribution in [0.25, 0.3) is 72.8 Å². The smallest absolute Gasteiger partial charge is 0.164 e. The highest BCUT2D eigenvalue weighted by Crippen LogP contribution is 2.53. The van der Waals surface area contributed by atoms with Crippen molar-refractivity contribution in [2.45, 2.75) is 5.92 Å². The topological polar surface area (TPSA) is 67.4 Å². The standard InChI is InChI=1S/C47H29N5/c48-29-33-28-32(47-50-45(30-14-4-1-5-15-30)49-46(51-47)31-16-6-2-7-17-31)24-25-35(33)42-37-21-11-10-20-36(37)38-26-27-41-43(44(38)42)39-22-12-13-23-40(39)52(41)34-18-8-3-9-19-34/h1-28,42H. The molecule has 0 amide bonds. The molecule has 7 aromatic carbocycles. The van der Waals surface area contributed by atoms with Gasteiger partial charge in [0.25, 0.3) is 0 Å².